The highest BCUT2D eigenvalue weighted by atomic mass is 79.9. The van der Waals surface area contributed by atoms with Crippen LogP contribution in [-0.4, -0.2) is 29.2 Å². The van der Waals surface area contributed by atoms with Gasteiger partial charge in [0.2, 0.25) is 5.91 Å². The molecule has 0 spiro atoms. The van der Waals surface area contributed by atoms with Gasteiger partial charge in [-0.15, -0.1) is 0 Å². The van der Waals surface area contributed by atoms with E-state index in [-0.39, 0.29) is 0 Å². The Kier molecular flexibility index (Phi) is 4.60. The van der Waals surface area contributed by atoms with Crippen molar-refractivity contribution >= 4 is 21.8 Å². The van der Waals surface area contributed by atoms with Gasteiger partial charge in [-0.3, -0.25) is 4.79 Å². The van der Waals surface area contributed by atoms with Gasteiger partial charge in [-0.05, 0) is 24.3 Å². The largest absolute Gasteiger partial charge is 0.342 e. The number of rotatable bonds is 4. The summed E-state index contributed by atoms with van der Waals surface area (Å²) in [7, 11) is 0. The van der Waals surface area contributed by atoms with E-state index < -0.39 is 0 Å². The van der Waals surface area contributed by atoms with Gasteiger partial charge in [0.05, 0.1) is 0 Å². The number of amides is 1. The number of alkyl halides is 1. The molecule has 1 aliphatic heterocycles. The lowest BCUT2D eigenvalue weighted by Gasteiger charge is -2.16. The molecule has 0 saturated carbocycles. The predicted molar refractivity (Wildman–Crippen MR) is 73.2 cm³/mol. The average molecular weight is 296 g/mol. The van der Waals surface area contributed by atoms with Crippen molar-refractivity contribution in [3.8, 4) is 0 Å². The SMILES string of the molecule is O=C(CCc1ccccc1)N1CCC(CBr)C1. The fraction of sp³-hybridized carbons (Fsp3) is 0.500. The van der Waals surface area contributed by atoms with E-state index in [4.69, 9.17) is 0 Å². The number of hydrogen-bond donors (Lipinski definition) is 0. The van der Waals surface area contributed by atoms with Crippen molar-refractivity contribution in [1.82, 2.24) is 4.90 Å². The lowest BCUT2D eigenvalue weighted by atomic mass is 10.1. The van der Waals surface area contributed by atoms with Crippen molar-refractivity contribution in [2.75, 3.05) is 18.4 Å². The van der Waals surface area contributed by atoms with E-state index in [1.807, 2.05) is 23.1 Å². The molecule has 1 aromatic rings. The van der Waals surface area contributed by atoms with Crippen LogP contribution in [0, 0.1) is 5.92 Å². The number of nitrogens with zero attached hydrogens (tertiary/aromatic N) is 1. The van der Waals surface area contributed by atoms with Crippen LogP contribution >= 0.6 is 15.9 Å². The standard InChI is InChI=1S/C14H18BrNO/c15-10-13-8-9-16(11-13)14(17)7-6-12-4-2-1-3-5-12/h1-5,13H,6-11H2. The third kappa shape index (κ3) is 3.56. The third-order valence-corrected chi connectivity index (χ3v) is 4.24. The highest BCUT2D eigenvalue weighted by Gasteiger charge is 2.24. The summed E-state index contributed by atoms with van der Waals surface area (Å²) in [6, 6.07) is 10.2. The maximum atomic E-state index is 12.0. The van der Waals surface area contributed by atoms with Gasteiger partial charge in [-0.1, -0.05) is 46.3 Å². The lowest BCUT2D eigenvalue weighted by Crippen LogP contribution is -2.29. The van der Waals surface area contributed by atoms with Crippen molar-refractivity contribution in [1.29, 1.82) is 0 Å². The van der Waals surface area contributed by atoms with Gasteiger partial charge < -0.3 is 4.90 Å². The summed E-state index contributed by atoms with van der Waals surface area (Å²) < 4.78 is 0. The molecule has 2 rings (SSSR count). The Bertz CT molecular complexity index is 366. The van der Waals surface area contributed by atoms with Crippen LogP contribution in [-0.2, 0) is 11.2 Å². The number of likely N-dealkylation sites (tertiary alicyclic amines) is 1. The summed E-state index contributed by atoms with van der Waals surface area (Å²) in [5.41, 5.74) is 1.25. The van der Waals surface area contributed by atoms with Gasteiger partial charge in [0.1, 0.15) is 0 Å². The molecule has 2 nitrogen and oxygen atoms in total. The predicted octanol–water partition coefficient (Wildman–Crippen LogP) is 2.86. The normalized spacial score (nSPS) is 19.6. The minimum absolute atomic E-state index is 0.303. The van der Waals surface area contributed by atoms with Gasteiger partial charge >= 0.3 is 0 Å². The van der Waals surface area contributed by atoms with Crippen LogP contribution in [0.25, 0.3) is 0 Å². The maximum absolute atomic E-state index is 12.0. The summed E-state index contributed by atoms with van der Waals surface area (Å²) in [6.07, 6.45) is 2.64. The van der Waals surface area contributed by atoms with E-state index >= 15 is 0 Å². The van der Waals surface area contributed by atoms with E-state index in [1.54, 1.807) is 0 Å². The molecule has 1 aromatic carbocycles. The van der Waals surface area contributed by atoms with Crippen LogP contribution in [0.3, 0.4) is 0 Å². The molecule has 1 amide bonds. The smallest absolute Gasteiger partial charge is 0.222 e. The van der Waals surface area contributed by atoms with E-state index in [1.165, 1.54) is 5.56 Å². The number of hydrogen-bond acceptors (Lipinski definition) is 1. The Morgan fingerprint density at radius 1 is 1.35 bits per heavy atom. The topological polar surface area (TPSA) is 20.3 Å². The quantitative estimate of drug-likeness (QED) is 0.782. The first-order valence-electron chi connectivity index (χ1n) is 6.17. The van der Waals surface area contributed by atoms with Crippen LogP contribution in [0.5, 0.6) is 0 Å². The molecule has 0 radical (unpaired) electrons. The summed E-state index contributed by atoms with van der Waals surface area (Å²) in [6.45, 7) is 1.86. The van der Waals surface area contributed by atoms with Gasteiger partial charge in [-0.25, -0.2) is 0 Å². The molecule has 1 aliphatic rings. The number of aryl methyl sites for hydroxylation is 1. The van der Waals surface area contributed by atoms with E-state index in [9.17, 15) is 4.79 Å². The number of benzene rings is 1. The number of halogens is 1. The lowest BCUT2D eigenvalue weighted by molar-refractivity contribution is -0.130. The highest BCUT2D eigenvalue weighted by Crippen LogP contribution is 2.19. The molecule has 1 heterocycles. The zero-order valence-electron chi connectivity index (χ0n) is 9.94. The Morgan fingerprint density at radius 3 is 2.76 bits per heavy atom. The number of carbonyl (C=O) groups is 1. The van der Waals surface area contributed by atoms with Gasteiger partial charge in [0.15, 0.2) is 0 Å². The zero-order valence-corrected chi connectivity index (χ0v) is 11.5. The molecule has 1 saturated heterocycles. The molecule has 0 aromatic heterocycles. The summed E-state index contributed by atoms with van der Waals surface area (Å²) in [5.74, 6) is 0.952. The van der Waals surface area contributed by atoms with Crippen LogP contribution < -0.4 is 0 Å². The Balaban J connectivity index is 1.78. The molecule has 1 unspecified atom stereocenters. The maximum Gasteiger partial charge on any atom is 0.222 e. The molecule has 1 atom stereocenters. The van der Waals surface area contributed by atoms with Crippen LogP contribution in [0.2, 0.25) is 0 Å². The highest BCUT2D eigenvalue weighted by molar-refractivity contribution is 9.09. The second kappa shape index (κ2) is 6.20. The summed E-state index contributed by atoms with van der Waals surface area (Å²) in [5, 5.41) is 1.01. The first kappa shape index (κ1) is 12.6. The van der Waals surface area contributed by atoms with Crippen molar-refractivity contribution in [3.63, 3.8) is 0 Å². The summed E-state index contributed by atoms with van der Waals surface area (Å²) in [4.78, 5) is 14.0. The average Bonchev–Trinajstić information content (AvgIpc) is 2.86. The Morgan fingerprint density at radius 2 is 2.12 bits per heavy atom. The Labute approximate surface area is 111 Å². The molecule has 0 N–H and O–H groups in total. The zero-order chi connectivity index (χ0) is 12.1. The number of carbonyl (C=O) groups excluding carboxylic acids is 1. The third-order valence-electron chi connectivity index (χ3n) is 3.33. The van der Waals surface area contributed by atoms with Crippen molar-refractivity contribution in [3.05, 3.63) is 35.9 Å². The molecule has 1 fully saturated rings. The molecule has 0 aliphatic carbocycles. The van der Waals surface area contributed by atoms with Gasteiger partial charge in [0, 0.05) is 24.8 Å². The molecule has 3 heteroatoms. The first-order chi connectivity index (χ1) is 8.29. The second-order valence-corrected chi connectivity index (χ2v) is 5.28. The first-order valence-corrected chi connectivity index (χ1v) is 7.29. The van der Waals surface area contributed by atoms with Crippen LogP contribution in [0.15, 0.2) is 30.3 Å². The molecule has 17 heavy (non-hydrogen) atoms. The molecule has 0 bridgehead atoms. The molecular weight excluding hydrogens is 278 g/mol. The molecular formula is C14H18BrNO. The minimum atomic E-state index is 0.303. The van der Waals surface area contributed by atoms with Crippen LogP contribution in [0.1, 0.15) is 18.4 Å². The molecule has 92 valence electrons. The van der Waals surface area contributed by atoms with Gasteiger partial charge in [0.25, 0.3) is 0 Å². The van der Waals surface area contributed by atoms with E-state index in [0.29, 0.717) is 18.2 Å². The van der Waals surface area contributed by atoms with E-state index in [2.05, 4.69) is 28.1 Å². The fourth-order valence-electron chi connectivity index (χ4n) is 2.24. The van der Waals surface area contributed by atoms with Crippen molar-refractivity contribution < 1.29 is 4.79 Å². The fourth-order valence-corrected chi connectivity index (χ4v) is 2.77. The minimum Gasteiger partial charge on any atom is -0.342 e. The van der Waals surface area contributed by atoms with E-state index in [0.717, 1.165) is 31.3 Å². The summed E-state index contributed by atoms with van der Waals surface area (Å²) >= 11 is 3.49. The van der Waals surface area contributed by atoms with Crippen molar-refractivity contribution in [2.45, 2.75) is 19.3 Å². The second-order valence-electron chi connectivity index (χ2n) is 4.63. The monoisotopic (exact) mass is 295 g/mol. The van der Waals surface area contributed by atoms with Crippen molar-refractivity contribution in [2.24, 2.45) is 5.92 Å². The van der Waals surface area contributed by atoms with Crippen LogP contribution in [0.4, 0.5) is 0 Å². The Hall–Kier alpha value is -0.830. The van der Waals surface area contributed by atoms with Gasteiger partial charge in [-0.2, -0.15) is 0 Å².